The average molecular weight is 871 g/mol. The summed E-state index contributed by atoms with van der Waals surface area (Å²) < 4.78 is 2.45. The molecule has 0 fully saturated rings. The standard InChI is InChI=1S/C66H50N2/c1-65(2)59-24-14-12-21-54(59)64-52(22-15-25-60(64)65)46-30-37-51(38-31-46)67(49-33-26-44(27-34-49)43-16-7-5-8-17-43)50-35-28-45(29-36-50)47-32-39-62-56(40-47)57-41-55-53-20-11-13-23-58(53)66(3,4)61(55)42-63(57)68(62)48-18-9-6-10-19-48/h5-42H,1-4H3. The Kier molecular flexibility index (Phi) is 8.95. The van der Waals surface area contributed by atoms with Crippen LogP contribution >= 0.6 is 0 Å². The number of nitrogens with zero attached hydrogens (tertiary/aromatic N) is 2. The lowest BCUT2D eigenvalue weighted by Crippen LogP contribution is -2.14. The fourth-order valence-corrected chi connectivity index (χ4v) is 11.7. The molecule has 0 bridgehead atoms. The summed E-state index contributed by atoms with van der Waals surface area (Å²) in [7, 11) is 0. The van der Waals surface area contributed by atoms with Crippen LogP contribution < -0.4 is 4.90 Å². The number of fused-ring (bicyclic) bond motifs is 9. The van der Waals surface area contributed by atoms with E-state index < -0.39 is 0 Å². The van der Waals surface area contributed by atoms with Gasteiger partial charge in [0.05, 0.1) is 11.0 Å². The lowest BCUT2D eigenvalue weighted by Gasteiger charge is -2.26. The Labute approximate surface area is 399 Å². The van der Waals surface area contributed by atoms with E-state index in [0.717, 1.165) is 17.1 Å². The van der Waals surface area contributed by atoms with Crippen LogP contribution in [-0.4, -0.2) is 4.57 Å². The van der Waals surface area contributed by atoms with Gasteiger partial charge in [0.1, 0.15) is 0 Å². The number of rotatable bonds is 7. The van der Waals surface area contributed by atoms with Crippen molar-refractivity contribution < 1.29 is 0 Å². The summed E-state index contributed by atoms with van der Waals surface area (Å²) in [4.78, 5) is 2.38. The maximum absolute atomic E-state index is 2.46. The number of benzene rings is 10. The summed E-state index contributed by atoms with van der Waals surface area (Å²) >= 11 is 0. The topological polar surface area (TPSA) is 8.17 Å². The first-order valence-corrected chi connectivity index (χ1v) is 23.9. The molecule has 2 nitrogen and oxygen atoms in total. The molecule has 0 saturated carbocycles. The van der Waals surface area contributed by atoms with Gasteiger partial charge in [0.15, 0.2) is 0 Å². The van der Waals surface area contributed by atoms with E-state index in [4.69, 9.17) is 0 Å². The van der Waals surface area contributed by atoms with Gasteiger partial charge in [-0.05, 0) is 151 Å². The van der Waals surface area contributed by atoms with Gasteiger partial charge >= 0.3 is 0 Å². The zero-order chi connectivity index (χ0) is 45.7. The molecule has 0 spiro atoms. The monoisotopic (exact) mass is 870 g/mol. The molecule has 0 N–H and O–H groups in total. The molecule has 2 heteroatoms. The Bertz CT molecular complexity index is 3740. The van der Waals surface area contributed by atoms with Gasteiger partial charge in [-0.15, -0.1) is 0 Å². The summed E-state index contributed by atoms with van der Waals surface area (Å²) in [5, 5.41) is 2.53. The highest BCUT2D eigenvalue weighted by Gasteiger charge is 2.37. The van der Waals surface area contributed by atoms with Crippen LogP contribution in [0.3, 0.4) is 0 Å². The largest absolute Gasteiger partial charge is 0.311 e. The number of anilines is 3. The molecular formula is C66H50N2. The fourth-order valence-electron chi connectivity index (χ4n) is 11.7. The van der Waals surface area contributed by atoms with Crippen molar-refractivity contribution >= 4 is 38.9 Å². The second kappa shape index (κ2) is 15.2. The van der Waals surface area contributed by atoms with Gasteiger partial charge < -0.3 is 9.47 Å². The average Bonchev–Trinajstić information content (AvgIpc) is 3.93. The maximum Gasteiger partial charge on any atom is 0.0544 e. The highest BCUT2D eigenvalue weighted by molar-refractivity contribution is 6.13. The van der Waals surface area contributed by atoms with Gasteiger partial charge in [0.2, 0.25) is 0 Å². The Balaban J connectivity index is 0.909. The van der Waals surface area contributed by atoms with Crippen LogP contribution in [-0.2, 0) is 10.8 Å². The molecule has 13 rings (SSSR count). The zero-order valence-electron chi connectivity index (χ0n) is 38.8. The van der Waals surface area contributed by atoms with E-state index in [1.807, 2.05) is 0 Å². The Hall–Kier alpha value is -8.20. The van der Waals surface area contributed by atoms with Crippen LogP contribution in [0.15, 0.2) is 231 Å². The van der Waals surface area contributed by atoms with Crippen molar-refractivity contribution in [3.05, 3.63) is 253 Å². The van der Waals surface area contributed by atoms with E-state index in [2.05, 4.69) is 268 Å². The van der Waals surface area contributed by atoms with E-state index in [1.54, 1.807) is 0 Å². The molecule has 324 valence electrons. The third-order valence-corrected chi connectivity index (χ3v) is 15.2. The summed E-state index contributed by atoms with van der Waals surface area (Å²) in [6, 6.07) is 85.4. The predicted octanol–water partition coefficient (Wildman–Crippen LogP) is 17.9. The van der Waals surface area contributed by atoms with E-state index in [9.17, 15) is 0 Å². The molecule has 0 aliphatic heterocycles. The van der Waals surface area contributed by atoms with Crippen molar-refractivity contribution in [2.45, 2.75) is 38.5 Å². The molecule has 2 aliphatic carbocycles. The van der Waals surface area contributed by atoms with Crippen molar-refractivity contribution in [2.24, 2.45) is 0 Å². The number of hydrogen-bond donors (Lipinski definition) is 0. The molecule has 68 heavy (non-hydrogen) atoms. The van der Waals surface area contributed by atoms with Gasteiger partial charge in [0.25, 0.3) is 0 Å². The smallest absolute Gasteiger partial charge is 0.0544 e. The third-order valence-electron chi connectivity index (χ3n) is 15.2. The van der Waals surface area contributed by atoms with Crippen LogP contribution in [0.5, 0.6) is 0 Å². The molecular weight excluding hydrogens is 821 g/mol. The first-order chi connectivity index (χ1) is 33.2. The Morgan fingerprint density at radius 2 is 0.779 bits per heavy atom. The van der Waals surface area contributed by atoms with Crippen LogP contribution in [0.2, 0.25) is 0 Å². The number of hydrogen-bond acceptors (Lipinski definition) is 1. The van der Waals surface area contributed by atoms with Crippen LogP contribution in [0, 0.1) is 0 Å². The molecule has 2 aliphatic rings. The second-order valence-corrected chi connectivity index (χ2v) is 19.7. The Morgan fingerprint density at radius 3 is 1.44 bits per heavy atom. The number of aromatic nitrogens is 1. The van der Waals surface area contributed by atoms with Crippen molar-refractivity contribution in [2.75, 3.05) is 4.90 Å². The summed E-state index contributed by atoms with van der Waals surface area (Å²) in [6.07, 6.45) is 0. The van der Waals surface area contributed by atoms with Gasteiger partial charge in [-0.1, -0.05) is 185 Å². The summed E-state index contributed by atoms with van der Waals surface area (Å²) in [5.74, 6) is 0. The normalized spacial score (nSPS) is 13.8. The summed E-state index contributed by atoms with van der Waals surface area (Å²) in [5.41, 5.74) is 25.0. The minimum atomic E-state index is -0.0862. The molecule has 0 atom stereocenters. The van der Waals surface area contributed by atoms with Crippen LogP contribution in [0.25, 0.3) is 83.1 Å². The number of para-hydroxylation sites is 1. The first kappa shape index (κ1) is 40.1. The van der Waals surface area contributed by atoms with Gasteiger partial charge in [-0.25, -0.2) is 0 Å². The minimum absolute atomic E-state index is 0.0477. The first-order valence-electron chi connectivity index (χ1n) is 23.9. The van der Waals surface area contributed by atoms with Crippen molar-refractivity contribution in [1.29, 1.82) is 0 Å². The predicted molar refractivity (Wildman–Crippen MR) is 287 cm³/mol. The van der Waals surface area contributed by atoms with Crippen molar-refractivity contribution in [3.8, 4) is 61.3 Å². The minimum Gasteiger partial charge on any atom is -0.311 e. The highest BCUT2D eigenvalue weighted by Crippen LogP contribution is 2.53. The second-order valence-electron chi connectivity index (χ2n) is 19.7. The molecule has 10 aromatic carbocycles. The van der Waals surface area contributed by atoms with E-state index in [0.29, 0.717) is 0 Å². The quantitative estimate of drug-likeness (QED) is 0.155. The highest BCUT2D eigenvalue weighted by atomic mass is 15.1. The molecule has 0 radical (unpaired) electrons. The molecule has 0 saturated heterocycles. The molecule has 1 heterocycles. The zero-order valence-corrected chi connectivity index (χ0v) is 38.8. The van der Waals surface area contributed by atoms with E-state index in [-0.39, 0.29) is 10.8 Å². The molecule has 11 aromatic rings. The van der Waals surface area contributed by atoms with Crippen LogP contribution in [0.4, 0.5) is 17.1 Å². The van der Waals surface area contributed by atoms with Gasteiger partial charge in [-0.2, -0.15) is 0 Å². The van der Waals surface area contributed by atoms with Crippen molar-refractivity contribution in [3.63, 3.8) is 0 Å². The van der Waals surface area contributed by atoms with E-state index >= 15 is 0 Å². The van der Waals surface area contributed by atoms with Gasteiger partial charge in [-0.3, -0.25) is 0 Å². The molecule has 1 aromatic heterocycles. The molecule has 0 unspecified atom stereocenters. The SMILES string of the molecule is CC1(C)c2ccccc2-c2cc3c4cc(-c5ccc(N(c6ccc(-c7ccccc7)cc6)c6ccc(-c7cccc8c7-c7ccccc7C8(C)C)cc6)cc5)ccc4n(-c4ccccc4)c3cc21. The van der Waals surface area contributed by atoms with E-state index in [1.165, 1.54) is 105 Å². The van der Waals surface area contributed by atoms with Crippen molar-refractivity contribution in [1.82, 2.24) is 4.57 Å². The van der Waals surface area contributed by atoms with Crippen LogP contribution in [0.1, 0.15) is 49.9 Å². The third kappa shape index (κ3) is 6.10. The molecule has 0 amide bonds. The fraction of sp³-hybridized carbons (Fsp3) is 0.0909. The Morgan fingerprint density at radius 1 is 0.309 bits per heavy atom. The van der Waals surface area contributed by atoms with Gasteiger partial charge in [0, 0.05) is 44.4 Å². The summed E-state index contributed by atoms with van der Waals surface area (Å²) in [6.45, 7) is 9.44. The lowest BCUT2D eigenvalue weighted by molar-refractivity contribution is 0.660. The maximum atomic E-state index is 2.46. The lowest BCUT2D eigenvalue weighted by atomic mass is 9.82.